The Morgan fingerprint density at radius 3 is 2.72 bits per heavy atom. The lowest BCUT2D eigenvalue weighted by Gasteiger charge is -2.02. The van der Waals surface area contributed by atoms with Crippen molar-refractivity contribution in [3.8, 4) is 16.3 Å². The third-order valence-electron chi connectivity index (χ3n) is 3.50. The largest absolute Gasteiger partial charge is 0.497 e. The van der Waals surface area contributed by atoms with Crippen molar-refractivity contribution >= 4 is 22.8 Å². The van der Waals surface area contributed by atoms with Crippen LogP contribution in [-0.4, -0.2) is 22.9 Å². The molecule has 0 aliphatic heterocycles. The molecule has 126 valence electrons. The second kappa shape index (κ2) is 7.72. The molecule has 2 aromatic heterocycles. The maximum atomic E-state index is 12.4. The number of hydrogen-bond donors (Lipinski definition) is 1. The number of benzene rings is 1. The van der Waals surface area contributed by atoms with Crippen LogP contribution in [-0.2, 0) is 0 Å². The molecule has 0 atom stereocenters. The molecule has 0 aliphatic rings. The van der Waals surface area contributed by atoms with Gasteiger partial charge in [0.1, 0.15) is 10.8 Å². The van der Waals surface area contributed by atoms with Crippen LogP contribution in [0.4, 0.5) is 5.69 Å². The zero-order valence-corrected chi connectivity index (χ0v) is 14.7. The van der Waals surface area contributed by atoms with Gasteiger partial charge in [0.15, 0.2) is 5.78 Å². The highest BCUT2D eigenvalue weighted by molar-refractivity contribution is 7.17. The molecular weight excluding hydrogens is 334 g/mol. The van der Waals surface area contributed by atoms with E-state index in [4.69, 9.17) is 4.74 Å². The molecule has 0 aliphatic carbocycles. The van der Waals surface area contributed by atoms with Gasteiger partial charge < -0.3 is 10.1 Å². The summed E-state index contributed by atoms with van der Waals surface area (Å²) in [5.74, 6) is 0.708. The molecule has 0 spiro atoms. The summed E-state index contributed by atoms with van der Waals surface area (Å²) in [6, 6.07) is 11.3. The Morgan fingerprint density at radius 1 is 1.24 bits per heavy atom. The predicted molar refractivity (Wildman–Crippen MR) is 100 cm³/mol. The Hall–Kier alpha value is -2.99. The molecule has 2 heterocycles. The zero-order chi connectivity index (χ0) is 17.6. The Balaban J connectivity index is 1.69. The van der Waals surface area contributed by atoms with E-state index >= 15 is 0 Å². The van der Waals surface area contributed by atoms with Gasteiger partial charge in [-0.2, -0.15) is 0 Å². The number of rotatable bonds is 6. The lowest BCUT2D eigenvalue weighted by atomic mass is 10.2. The van der Waals surface area contributed by atoms with Crippen molar-refractivity contribution in [2.24, 2.45) is 0 Å². The Morgan fingerprint density at radius 2 is 2.04 bits per heavy atom. The van der Waals surface area contributed by atoms with Crippen LogP contribution in [0.5, 0.6) is 5.75 Å². The molecule has 0 fully saturated rings. The van der Waals surface area contributed by atoms with Crippen LogP contribution >= 0.6 is 11.3 Å². The third kappa shape index (κ3) is 4.10. The topological polar surface area (TPSA) is 64.1 Å². The molecule has 1 aromatic carbocycles. The van der Waals surface area contributed by atoms with E-state index < -0.39 is 0 Å². The van der Waals surface area contributed by atoms with E-state index in [0.29, 0.717) is 4.88 Å². The van der Waals surface area contributed by atoms with Crippen molar-refractivity contribution in [2.45, 2.75) is 6.92 Å². The van der Waals surface area contributed by atoms with Crippen LogP contribution in [0.2, 0.25) is 0 Å². The number of nitrogens with zero attached hydrogens (tertiary/aromatic N) is 2. The molecule has 0 saturated carbocycles. The van der Waals surface area contributed by atoms with Crippen LogP contribution in [0.1, 0.15) is 15.4 Å². The standard InChI is InChI=1S/C19H17N3O2S/c1-13-18(25-19(22-13)14-4-3-10-20-12-14)17(23)9-11-21-15-5-7-16(24-2)8-6-15/h3-12,21H,1-2H3/b11-9+. The molecule has 5 nitrogen and oxygen atoms in total. The van der Waals surface area contributed by atoms with E-state index in [-0.39, 0.29) is 5.78 Å². The number of carbonyl (C=O) groups excluding carboxylic acids is 1. The fourth-order valence-electron chi connectivity index (χ4n) is 2.21. The average molecular weight is 351 g/mol. The van der Waals surface area contributed by atoms with E-state index in [1.807, 2.05) is 43.3 Å². The second-order valence-corrected chi connectivity index (χ2v) is 6.24. The normalized spacial score (nSPS) is 10.8. The Labute approximate surface area is 150 Å². The quantitative estimate of drug-likeness (QED) is 0.529. The zero-order valence-electron chi connectivity index (χ0n) is 13.9. The third-order valence-corrected chi connectivity index (χ3v) is 4.72. The SMILES string of the molecule is COc1ccc(N/C=C/C(=O)c2sc(-c3cccnc3)nc2C)cc1. The number of nitrogens with one attached hydrogen (secondary N) is 1. The number of hydrogen-bond acceptors (Lipinski definition) is 6. The van der Waals surface area contributed by atoms with Gasteiger partial charge in [0.2, 0.25) is 0 Å². The summed E-state index contributed by atoms with van der Waals surface area (Å²) in [5.41, 5.74) is 2.51. The van der Waals surface area contributed by atoms with Crippen molar-refractivity contribution in [2.75, 3.05) is 12.4 Å². The van der Waals surface area contributed by atoms with Crippen LogP contribution < -0.4 is 10.1 Å². The molecule has 0 bridgehead atoms. The number of allylic oxidation sites excluding steroid dienone is 1. The fourth-order valence-corrected chi connectivity index (χ4v) is 3.19. The molecule has 6 heteroatoms. The highest BCUT2D eigenvalue weighted by Gasteiger charge is 2.14. The van der Waals surface area contributed by atoms with Crippen LogP contribution in [0, 0.1) is 6.92 Å². The first-order valence-electron chi connectivity index (χ1n) is 7.66. The maximum absolute atomic E-state index is 12.4. The van der Waals surface area contributed by atoms with Crippen LogP contribution in [0.3, 0.4) is 0 Å². The maximum Gasteiger partial charge on any atom is 0.199 e. The van der Waals surface area contributed by atoms with Gasteiger partial charge in [-0.05, 0) is 43.3 Å². The van der Waals surface area contributed by atoms with Crippen molar-refractivity contribution in [3.63, 3.8) is 0 Å². The smallest absolute Gasteiger partial charge is 0.199 e. The van der Waals surface area contributed by atoms with Gasteiger partial charge >= 0.3 is 0 Å². The summed E-state index contributed by atoms with van der Waals surface area (Å²) < 4.78 is 5.11. The number of carbonyl (C=O) groups is 1. The van der Waals surface area contributed by atoms with Gasteiger partial charge in [0.05, 0.1) is 17.7 Å². The van der Waals surface area contributed by atoms with Crippen molar-refractivity contribution in [1.82, 2.24) is 9.97 Å². The van der Waals surface area contributed by atoms with E-state index in [0.717, 1.165) is 27.7 Å². The van der Waals surface area contributed by atoms with Crippen molar-refractivity contribution in [3.05, 3.63) is 71.6 Å². The van der Waals surface area contributed by atoms with E-state index in [1.54, 1.807) is 25.7 Å². The summed E-state index contributed by atoms with van der Waals surface area (Å²) >= 11 is 1.38. The van der Waals surface area contributed by atoms with Gasteiger partial charge in [-0.15, -0.1) is 11.3 Å². The molecule has 0 amide bonds. The van der Waals surface area contributed by atoms with Gasteiger partial charge in [0.25, 0.3) is 0 Å². The minimum absolute atomic E-state index is 0.0776. The van der Waals surface area contributed by atoms with Crippen molar-refractivity contribution in [1.29, 1.82) is 0 Å². The summed E-state index contributed by atoms with van der Waals surface area (Å²) in [7, 11) is 1.62. The minimum atomic E-state index is -0.0776. The highest BCUT2D eigenvalue weighted by Crippen LogP contribution is 2.27. The number of pyridine rings is 1. The lowest BCUT2D eigenvalue weighted by Crippen LogP contribution is -1.96. The molecule has 0 saturated heterocycles. The number of aromatic nitrogens is 2. The first kappa shape index (κ1) is 16.9. The molecule has 3 aromatic rings. The Bertz CT molecular complexity index is 887. The van der Waals surface area contributed by atoms with Gasteiger partial charge in [-0.3, -0.25) is 9.78 Å². The van der Waals surface area contributed by atoms with Crippen LogP contribution in [0.25, 0.3) is 10.6 Å². The van der Waals surface area contributed by atoms with Crippen molar-refractivity contribution < 1.29 is 9.53 Å². The molecule has 3 rings (SSSR count). The number of thiazole rings is 1. The molecule has 0 unspecified atom stereocenters. The molecular formula is C19H17N3O2S. The average Bonchev–Trinajstić information content (AvgIpc) is 3.05. The Kier molecular flexibility index (Phi) is 5.20. The summed E-state index contributed by atoms with van der Waals surface area (Å²) in [6.07, 6.45) is 6.60. The van der Waals surface area contributed by atoms with Crippen LogP contribution in [0.15, 0.2) is 61.1 Å². The number of methoxy groups -OCH3 is 1. The molecule has 1 N–H and O–H groups in total. The summed E-state index contributed by atoms with van der Waals surface area (Å²) in [5, 5.41) is 3.87. The van der Waals surface area contributed by atoms with E-state index in [2.05, 4.69) is 15.3 Å². The molecule has 25 heavy (non-hydrogen) atoms. The minimum Gasteiger partial charge on any atom is -0.497 e. The second-order valence-electron chi connectivity index (χ2n) is 5.25. The first-order valence-corrected chi connectivity index (χ1v) is 8.48. The number of aryl methyl sites for hydroxylation is 1. The lowest BCUT2D eigenvalue weighted by molar-refractivity contribution is 0.104. The summed E-state index contributed by atoms with van der Waals surface area (Å²) in [4.78, 5) is 21.6. The van der Waals surface area contributed by atoms with Gasteiger partial charge in [0, 0.05) is 35.9 Å². The van der Waals surface area contributed by atoms with E-state index in [9.17, 15) is 4.79 Å². The first-order chi connectivity index (χ1) is 12.2. The van der Waals surface area contributed by atoms with Gasteiger partial charge in [-0.1, -0.05) is 0 Å². The van der Waals surface area contributed by atoms with Gasteiger partial charge in [-0.25, -0.2) is 4.98 Å². The summed E-state index contributed by atoms with van der Waals surface area (Å²) in [6.45, 7) is 1.84. The fraction of sp³-hybridized carbons (Fsp3) is 0.105. The number of ketones is 1. The highest BCUT2D eigenvalue weighted by atomic mass is 32.1. The van der Waals surface area contributed by atoms with E-state index in [1.165, 1.54) is 17.4 Å². The monoisotopic (exact) mass is 351 g/mol. The number of anilines is 1. The predicted octanol–water partition coefficient (Wildman–Crippen LogP) is 4.33. The molecule has 0 radical (unpaired) electrons. The number of ether oxygens (including phenoxy) is 1.